The van der Waals surface area contributed by atoms with Gasteiger partial charge in [0.2, 0.25) is 0 Å². The van der Waals surface area contributed by atoms with E-state index in [0.717, 1.165) is 18.9 Å². The maximum atomic E-state index is 12.8. The lowest BCUT2D eigenvalue weighted by molar-refractivity contribution is -0.0514. The van der Waals surface area contributed by atoms with Gasteiger partial charge in [-0.05, 0) is 39.1 Å². The summed E-state index contributed by atoms with van der Waals surface area (Å²) in [5.41, 5.74) is 0.318. The predicted octanol–water partition coefficient (Wildman–Crippen LogP) is 2.75. The molecule has 1 aliphatic rings. The van der Waals surface area contributed by atoms with Gasteiger partial charge in [-0.1, -0.05) is 6.07 Å². The average Bonchev–Trinajstić information content (AvgIpc) is 2.45. The Labute approximate surface area is 139 Å². The second-order valence-electron chi connectivity index (χ2n) is 5.63. The maximum absolute atomic E-state index is 12.8. The highest BCUT2D eigenvalue weighted by Crippen LogP contribution is 2.38. The van der Waals surface area contributed by atoms with Gasteiger partial charge in [-0.15, -0.1) is 0 Å². The summed E-state index contributed by atoms with van der Waals surface area (Å²) >= 11 is 0. The molecule has 2 rings (SSSR count). The van der Waals surface area contributed by atoms with Gasteiger partial charge in [-0.25, -0.2) is 8.42 Å². The summed E-state index contributed by atoms with van der Waals surface area (Å²) in [6.07, 6.45) is 1.86. The molecule has 1 heterocycles. The second-order valence-corrected chi connectivity index (χ2v) is 8.16. The summed E-state index contributed by atoms with van der Waals surface area (Å²) in [6.45, 7) is -1.91. The van der Waals surface area contributed by atoms with Crippen molar-refractivity contribution in [2.45, 2.75) is 30.4 Å². The number of ether oxygens (including phenoxy) is 1. The number of piperidine rings is 1. The lowest BCUT2D eigenvalue weighted by Crippen LogP contribution is -2.45. The minimum atomic E-state index is -4.19. The molecule has 1 saturated heterocycles. The van der Waals surface area contributed by atoms with Crippen LogP contribution in [0.3, 0.4) is 0 Å². The fourth-order valence-corrected chi connectivity index (χ4v) is 3.73. The molecule has 0 radical (unpaired) electrons. The Bertz CT molecular complexity index is 655. The Morgan fingerprint density at radius 3 is 2.65 bits per heavy atom. The van der Waals surface area contributed by atoms with Gasteiger partial charge in [0, 0.05) is 29.8 Å². The molecule has 0 spiro atoms. The zero-order valence-electron chi connectivity index (χ0n) is 12.9. The number of hydrogen-bond donors (Lipinski definition) is 0. The van der Waals surface area contributed by atoms with Crippen LogP contribution in [0.4, 0.5) is 14.5 Å². The van der Waals surface area contributed by atoms with Gasteiger partial charge in [0.25, 0.3) is 9.05 Å². The average molecular weight is 369 g/mol. The normalized spacial score (nSPS) is 19.4. The maximum Gasteiger partial charge on any atom is 0.387 e. The van der Waals surface area contributed by atoms with Crippen LogP contribution in [0.2, 0.25) is 0 Å². The zero-order chi connectivity index (χ0) is 17.2. The molecule has 1 aromatic rings. The smallest absolute Gasteiger partial charge is 0.387 e. The third kappa shape index (κ3) is 4.45. The van der Waals surface area contributed by atoms with Gasteiger partial charge < -0.3 is 14.5 Å². The van der Waals surface area contributed by atoms with Crippen molar-refractivity contribution < 1.29 is 21.9 Å². The molecule has 0 aliphatic carbocycles. The number of benzene rings is 1. The van der Waals surface area contributed by atoms with Crippen LogP contribution in [-0.2, 0) is 9.05 Å². The van der Waals surface area contributed by atoms with Crippen LogP contribution in [0.1, 0.15) is 12.8 Å². The number of anilines is 1. The molecule has 0 saturated carbocycles. The standard InChI is InChI=1S/C14H19ClF2N2O3S/c1-18(2)10-5-4-8-19(9-10)11-6-3-7-12(23(15,20)21)13(11)22-14(16)17/h3,6-7,10,14H,4-5,8-9H2,1-2H3/t10-/m0/s1. The molecule has 0 amide bonds. The van der Waals surface area contributed by atoms with E-state index in [4.69, 9.17) is 10.7 Å². The fraction of sp³-hybridized carbons (Fsp3) is 0.571. The molecule has 9 heteroatoms. The monoisotopic (exact) mass is 368 g/mol. The van der Waals surface area contributed by atoms with E-state index >= 15 is 0 Å². The molecule has 1 aromatic carbocycles. The number of halogens is 3. The van der Waals surface area contributed by atoms with Crippen molar-refractivity contribution in [1.82, 2.24) is 4.90 Å². The van der Waals surface area contributed by atoms with Crippen molar-refractivity contribution in [1.29, 1.82) is 0 Å². The van der Waals surface area contributed by atoms with Gasteiger partial charge in [0.1, 0.15) is 4.90 Å². The molecule has 23 heavy (non-hydrogen) atoms. The summed E-state index contributed by atoms with van der Waals surface area (Å²) in [4.78, 5) is 3.48. The first-order chi connectivity index (χ1) is 10.7. The first-order valence-electron chi connectivity index (χ1n) is 7.14. The number of likely N-dealkylation sites (N-methyl/N-ethyl adjacent to an activating group) is 1. The highest BCUT2D eigenvalue weighted by atomic mass is 35.7. The van der Waals surface area contributed by atoms with E-state index in [-0.39, 0.29) is 6.04 Å². The molecule has 1 atom stereocenters. The summed E-state index contributed by atoms with van der Waals surface area (Å²) in [5.74, 6) is -0.392. The third-order valence-corrected chi connectivity index (χ3v) is 5.24. The quantitative estimate of drug-likeness (QED) is 0.748. The van der Waals surface area contributed by atoms with Crippen LogP contribution in [0.25, 0.3) is 0 Å². The van der Waals surface area contributed by atoms with Gasteiger partial charge in [-0.3, -0.25) is 0 Å². The Balaban J connectivity index is 2.45. The number of nitrogens with zero attached hydrogens (tertiary/aromatic N) is 2. The summed E-state index contributed by atoms with van der Waals surface area (Å²) < 4.78 is 53.3. The van der Waals surface area contributed by atoms with Crippen molar-refractivity contribution in [3.05, 3.63) is 18.2 Å². The number of rotatable bonds is 5. The van der Waals surface area contributed by atoms with Crippen LogP contribution in [-0.4, -0.2) is 53.2 Å². The molecular weight excluding hydrogens is 350 g/mol. The van der Waals surface area contributed by atoms with Crippen LogP contribution < -0.4 is 9.64 Å². The minimum Gasteiger partial charge on any atom is -0.431 e. The molecule has 0 unspecified atom stereocenters. The van der Waals surface area contributed by atoms with E-state index in [9.17, 15) is 17.2 Å². The van der Waals surface area contributed by atoms with Crippen molar-refractivity contribution in [3.63, 3.8) is 0 Å². The largest absolute Gasteiger partial charge is 0.431 e. The number of para-hydroxylation sites is 1. The van der Waals surface area contributed by atoms with Gasteiger partial charge in [0.05, 0.1) is 5.69 Å². The number of hydrogen-bond acceptors (Lipinski definition) is 5. The van der Waals surface area contributed by atoms with E-state index in [1.165, 1.54) is 6.07 Å². The van der Waals surface area contributed by atoms with Gasteiger partial charge >= 0.3 is 6.61 Å². The van der Waals surface area contributed by atoms with Crippen molar-refractivity contribution >= 4 is 25.4 Å². The Hall–Kier alpha value is -1.12. The second kappa shape index (κ2) is 7.19. The minimum absolute atomic E-state index is 0.249. The molecule has 0 bridgehead atoms. The van der Waals surface area contributed by atoms with E-state index < -0.39 is 26.3 Å². The van der Waals surface area contributed by atoms with Crippen molar-refractivity contribution in [2.75, 3.05) is 32.1 Å². The molecule has 5 nitrogen and oxygen atoms in total. The zero-order valence-corrected chi connectivity index (χ0v) is 14.4. The van der Waals surface area contributed by atoms with E-state index in [1.807, 2.05) is 19.0 Å². The Kier molecular flexibility index (Phi) is 5.70. The van der Waals surface area contributed by atoms with Crippen LogP contribution in [0, 0.1) is 0 Å². The summed E-state index contributed by atoms with van der Waals surface area (Å²) in [7, 11) is 5.06. The van der Waals surface area contributed by atoms with Crippen LogP contribution >= 0.6 is 10.7 Å². The SMILES string of the molecule is CN(C)[C@H]1CCCN(c2cccc(S(=O)(=O)Cl)c2OC(F)F)C1. The summed E-state index contributed by atoms with van der Waals surface area (Å²) in [5, 5.41) is 0. The predicted molar refractivity (Wildman–Crippen MR) is 85.0 cm³/mol. The van der Waals surface area contributed by atoms with E-state index in [0.29, 0.717) is 18.8 Å². The van der Waals surface area contributed by atoms with Crippen molar-refractivity contribution in [2.24, 2.45) is 0 Å². The lowest BCUT2D eigenvalue weighted by Gasteiger charge is -2.38. The molecule has 130 valence electrons. The van der Waals surface area contributed by atoms with E-state index in [2.05, 4.69) is 9.64 Å². The third-order valence-electron chi connectivity index (χ3n) is 3.90. The molecular formula is C14H19ClF2N2O3S. The fourth-order valence-electron chi connectivity index (χ4n) is 2.75. The first-order valence-corrected chi connectivity index (χ1v) is 9.45. The van der Waals surface area contributed by atoms with E-state index in [1.54, 1.807) is 6.07 Å². The molecule has 0 N–H and O–H groups in total. The van der Waals surface area contributed by atoms with Crippen molar-refractivity contribution in [3.8, 4) is 5.75 Å². The molecule has 0 aromatic heterocycles. The molecule has 1 fully saturated rings. The van der Waals surface area contributed by atoms with Gasteiger partial charge in [-0.2, -0.15) is 8.78 Å². The van der Waals surface area contributed by atoms with Crippen LogP contribution in [0.15, 0.2) is 23.1 Å². The molecule has 1 aliphatic heterocycles. The van der Waals surface area contributed by atoms with Crippen LogP contribution in [0.5, 0.6) is 5.75 Å². The summed E-state index contributed by atoms with van der Waals surface area (Å²) in [6, 6.07) is 4.46. The highest BCUT2D eigenvalue weighted by molar-refractivity contribution is 8.13. The highest BCUT2D eigenvalue weighted by Gasteiger charge is 2.28. The number of alkyl halides is 2. The Morgan fingerprint density at radius 2 is 2.09 bits per heavy atom. The van der Waals surface area contributed by atoms with Gasteiger partial charge in [0.15, 0.2) is 5.75 Å². The first kappa shape index (κ1) is 18.2. The Morgan fingerprint density at radius 1 is 1.39 bits per heavy atom. The lowest BCUT2D eigenvalue weighted by atomic mass is 10.0. The topological polar surface area (TPSA) is 49.9 Å².